The molecule has 7 heteroatoms. The van der Waals surface area contributed by atoms with Crippen molar-refractivity contribution < 1.29 is 12.8 Å². The smallest absolute Gasteiger partial charge is 0.210 e. The van der Waals surface area contributed by atoms with E-state index in [-0.39, 0.29) is 15.9 Å². The number of sulfonamides is 1. The van der Waals surface area contributed by atoms with Gasteiger partial charge in [-0.2, -0.15) is 0 Å². The van der Waals surface area contributed by atoms with E-state index < -0.39 is 15.8 Å². The number of rotatable bonds is 6. The van der Waals surface area contributed by atoms with Crippen molar-refractivity contribution in [2.45, 2.75) is 9.79 Å². The van der Waals surface area contributed by atoms with Crippen LogP contribution in [0.25, 0.3) is 0 Å². The van der Waals surface area contributed by atoms with Crippen molar-refractivity contribution in [2.24, 2.45) is 0 Å². The molecule has 2 aromatic rings. The quantitative estimate of drug-likeness (QED) is 0.605. The summed E-state index contributed by atoms with van der Waals surface area (Å²) in [5.74, 6) is -0.000972. The van der Waals surface area contributed by atoms with Crippen LogP contribution < -0.4 is 4.72 Å². The molecule has 0 fully saturated rings. The molecule has 112 valence electrons. The molecular weight excluding hydrogens is 377 g/mol. The van der Waals surface area contributed by atoms with E-state index in [4.69, 9.17) is 0 Å². The molecule has 0 amide bonds. The molecule has 0 aromatic heterocycles. The van der Waals surface area contributed by atoms with Gasteiger partial charge in [0, 0.05) is 17.2 Å². The second-order valence-corrected chi connectivity index (χ2v) is 7.92. The van der Waals surface area contributed by atoms with Gasteiger partial charge in [-0.3, -0.25) is 0 Å². The van der Waals surface area contributed by atoms with E-state index in [9.17, 15) is 12.8 Å². The van der Waals surface area contributed by atoms with Gasteiger partial charge in [0.1, 0.15) is 5.82 Å². The predicted molar refractivity (Wildman–Crippen MR) is 86.5 cm³/mol. The maximum Gasteiger partial charge on any atom is 0.240 e. The Bertz CT molecular complexity index is 708. The van der Waals surface area contributed by atoms with Crippen molar-refractivity contribution in [2.75, 3.05) is 12.3 Å². The molecule has 2 rings (SSSR count). The largest absolute Gasteiger partial charge is 0.240 e. The third kappa shape index (κ3) is 4.81. The maximum atomic E-state index is 13.4. The Morgan fingerprint density at radius 1 is 1.14 bits per heavy atom. The first-order valence-corrected chi connectivity index (χ1v) is 9.38. The zero-order valence-electron chi connectivity index (χ0n) is 10.9. The number of hydrogen-bond acceptors (Lipinski definition) is 3. The molecule has 0 unspecified atom stereocenters. The van der Waals surface area contributed by atoms with E-state index in [0.717, 1.165) is 11.0 Å². The van der Waals surface area contributed by atoms with Crippen molar-refractivity contribution in [1.82, 2.24) is 4.72 Å². The third-order valence-electron chi connectivity index (χ3n) is 2.61. The monoisotopic (exact) mass is 389 g/mol. The molecule has 3 nitrogen and oxygen atoms in total. The highest BCUT2D eigenvalue weighted by Crippen LogP contribution is 2.20. The standard InChI is InChI=1S/C14H13BrFNO2S2/c15-13-7-6-12(10-14(13)16)21(18,19)17-8-9-20-11-4-2-1-3-5-11/h1-7,10,17H,8-9H2. The minimum Gasteiger partial charge on any atom is -0.210 e. The summed E-state index contributed by atoms with van der Waals surface area (Å²) >= 11 is 4.55. The fourth-order valence-electron chi connectivity index (χ4n) is 1.59. The molecule has 0 aliphatic carbocycles. The Hall–Kier alpha value is -0.890. The van der Waals surface area contributed by atoms with Crippen LogP contribution in [0.4, 0.5) is 4.39 Å². The van der Waals surface area contributed by atoms with Crippen molar-refractivity contribution in [3.63, 3.8) is 0 Å². The van der Waals surface area contributed by atoms with Gasteiger partial charge < -0.3 is 0 Å². The van der Waals surface area contributed by atoms with Gasteiger partial charge in [0.15, 0.2) is 0 Å². The number of thioether (sulfide) groups is 1. The molecule has 21 heavy (non-hydrogen) atoms. The Labute approximate surface area is 136 Å². The minimum absolute atomic E-state index is 0.0760. The SMILES string of the molecule is O=S(=O)(NCCSc1ccccc1)c1ccc(Br)c(F)c1. The lowest BCUT2D eigenvalue weighted by molar-refractivity contribution is 0.579. The molecule has 0 aliphatic heterocycles. The average molecular weight is 390 g/mol. The van der Waals surface area contributed by atoms with E-state index in [0.29, 0.717) is 5.75 Å². The summed E-state index contributed by atoms with van der Waals surface area (Å²) in [6.45, 7) is 0.277. The second kappa shape index (κ2) is 7.40. The van der Waals surface area contributed by atoms with Crippen molar-refractivity contribution >= 4 is 37.7 Å². The summed E-state index contributed by atoms with van der Waals surface area (Å²) < 4.78 is 40.1. The third-order valence-corrected chi connectivity index (χ3v) is 5.72. The fraction of sp³-hybridized carbons (Fsp3) is 0.143. The summed E-state index contributed by atoms with van der Waals surface area (Å²) in [5.41, 5.74) is 0. The molecule has 1 N–H and O–H groups in total. The number of halogens is 2. The van der Waals surface area contributed by atoms with Gasteiger partial charge in [0.2, 0.25) is 10.0 Å². The van der Waals surface area contributed by atoms with Crippen LogP contribution in [0, 0.1) is 5.82 Å². The van der Waals surface area contributed by atoms with E-state index in [1.54, 1.807) is 11.8 Å². The normalized spacial score (nSPS) is 11.5. The van der Waals surface area contributed by atoms with Crippen LogP contribution in [0.5, 0.6) is 0 Å². The average Bonchev–Trinajstić information content (AvgIpc) is 2.47. The summed E-state index contributed by atoms with van der Waals surface area (Å²) in [4.78, 5) is 0.999. The molecule has 0 atom stereocenters. The highest BCUT2D eigenvalue weighted by molar-refractivity contribution is 9.10. The molecule has 0 heterocycles. The molecule has 2 aromatic carbocycles. The van der Waals surface area contributed by atoms with E-state index >= 15 is 0 Å². The van der Waals surface area contributed by atoms with Gasteiger partial charge >= 0.3 is 0 Å². The Balaban J connectivity index is 1.91. The molecule has 0 spiro atoms. The Morgan fingerprint density at radius 3 is 2.52 bits per heavy atom. The van der Waals surface area contributed by atoms with Gasteiger partial charge in [0.05, 0.1) is 9.37 Å². The topological polar surface area (TPSA) is 46.2 Å². The van der Waals surface area contributed by atoms with Gasteiger partial charge in [-0.15, -0.1) is 11.8 Å². The van der Waals surface area contributed by atoms with Crippen LogP contribution in [-0.2, 0) is 10.0 Å². The first-order valence-electron chi connectivity index (χ1n) is 6.11. The summed E-state index contributed by atoms with van der Waals surface area (Å²) in [5, 5.41) is 0. The summed E-state index contributed by atoms with van der Waals surface area (Å²) in [6, 6.07) is 13.4. The van der Waals surface area contributed by atoms with E-state index in [1.165, 1.54) is 12.1 Å². The zero-order chi connectivity index (χ0) is 15.3. The first kappa shape index (κ1) is 16.5. The van der Waals surface area contributed by atoms with Crippen LogP contribution >= 0.6 is 27.7 Å². The van der Waals surface area contributed by atoms with Crippen LogP contribution in [0.2, 0.25) is 0 Å². The summed E-state index contributed by atoms with van der Waals surface area (Å²) in [6.07, 6.45) is 0. The van der Waals surface area contributed by atoms with Crippen LogP contribution in [-0.4, -0.2) is 20.7 Å². The fourth-order valence-corrected chi connectivity index (χ4v) is 3.80. The molecule has 0 aliphatic rings. The van der Waals surface area contributed by atoms with Crippen molar-refractivity contribution in [3.05, 3.63) is 58.8 Å². The van der Waals surface area contributed by atoms with Crippen molar-refractivity contribution in [1.29, 1.82) is 0 Å². The lowest BCUT2D eigenvalue weighted by Gasteiger charge is -2.07. The van der Waals surface area contributed by atoms with Gasteiger partial charge in [-0.05, 0) is 46.3 Å². The van der Waals surface area contributed by atoms with Crippen LogP contribution in [0.3, 0.4) is 0 Å². The van der Waals surface area contributed by atoms with Gasteiger partial charge in [-0.1, -0.05) is 18.2 Å². The molecule has 0 saturated heterocycles. The molecule has 0 saturated carbocycles. The predicted octanol–water partition coefficient (Wildman–Crippen LogP) is 3.66. The number of benzene rings is 2. The molecule has 0 radical (unpaired) electrons. The second-order valence-electron chi connectivity index (χ2n) is 4.14. The van der Waals surface area contributed by atoms with E-state index in [2.05, 4.69) is 20.7 Å². The Kier molecular flexibility index (Phi) is 5.80. The lowest BCUT2D eigenvalue weighted by Crippen LogP contribution is -2.26. The molecule has 0 bridgehead atoms. The highest BCUT2D eigenvalue weighted by Gasteiger charge is 2.15. The summed E-state index contributed by atoms with van der Waals surface area (Å²) in [7, 11) is -3.68. The van der Waals surface area contributed by atoms with Gasteiger partial charge in [0.25, 0.3) is 0 Å². The van der Waals surface area contributed by atoms with Gasteiger partial charge in [-0.25, -0.2) is 17.5 Å². The Morgan fingerprint density at radius 2 is 1.86 bits per heavy atom. The minimum atomic E-state index is -3.68. The van der Waals surface area contributed by atoms with Crippen LogP contribution in [0.15, 0.2) is 62.8 Å². The molecular formula is C14H13BrFNO2S2. The van der Waals surface area contributed by atoms with Crippen molar-refractivity contribution in [3.8, 4) is 0 Å². The van der Waals surface area contributed by atoms with E-state index in [1.807, 2.05) is 30.3 Å². The first-order chi connectivity index (χ1) is 9.99. The highest BCUT2D eigenvalue weighted by atomic mass is 79.9. The number of nitrogens with one attached hydrogen (secondary N) is 1. The zero-order valence-corrected chi connectivity index (χ0v) is 14.1. The maximum absolute atomic E-state index is 13.4. The lowest BCUT2D eigenvalue weighted by atomic mass is 10.3. The van der Waals surface area contributed by atoms with Crippen LogP contribution in [0.1, 0.15) is 0 Å². The number of hydrogen-bond donors (Lipinski definition) is 1.